The number of benzene rings is 2. The Balaban J connectivity index is 1.55. The summed E-state index contributed by atoms with van der Waals surface area (Å²) >= 11 is 0. The van der Waals surface area contributed by atoms with Gasteiger partial charge in [-0.15, -0.1) is 0 Å². The van der Waals surface area contributed by atoms with Crippen LogP contribution in [0.5, 0.6) is 0 Å². The second-order valence-corrected chi connectivity index (χ2v) is 6.86. The number of likely N-dealkylation sites (tertiary alicyclic amines) is 1. The predicted molar refractivity (Wildman–Crippen MR) is 99.4 cm³/mol. The van der Waals surface area contributed by atoms with Crippen LogP contribution in [0.1, 0.15) is 41.3 Å². The van der Waals surface area contributed by atoms with Gasteiger partial charge in [-0.1, -0.05) is 30.3 Å². The molecule has 2 amide bonds. The van der Waals surface area contributed by atoms with Crippen LogP contribution in [0, 0.1) is 11.6 Å². The topological polar surface area (TPSA) is 69.6 Å². The van der Waals surface area contributed by atoms with Gasteiger partial charge in [-0.25, -0.2) is 8.78 Å². The third-order valence-electron chi connectivity index (χ3n) is 4.96. The number of halogens is 2. The molecule has 0 aromatic heterocycles. The number of amides is 2. The fourth-order valence-corrected chi connectivity index (χ4v) is 3.47. The Bertz CT molecular complexity index is 845. The van der Waals surface area contributed by atoms with Gasteiger partial charge in [0.25, 0.3) is 5.91 Å². The van der Waals surface area contributed by atoms with Gasteiger partial charge in [0.05, 0.1) is 12.6 Å². The largest absolute Gasteiger partial charge is 0.388 e. The maximum Gasteiger partial charge on any atom is 0.251 e. The molecule has 2 atom stereocenters. The van der Waals surface area contributed by atoms with Gasteiger partial charge < -0.3 is 15.3 Å². The summed E-state index contributed by atoms with van der Waals surface area (Å²) < 4.78 is 26.2. The van der Waals surface area contributed by atoms with Crippen LogP contribution in [0.15, 0.2) is 48.5 Å². The Labute approximate surface area is 162 Å². The highest BCUT2D eigenvalue weighted by atomic mass is 19.2. The van der Waals surface area contributed by atoms with Crippen molar-refractivity contribution in [3.8, 4) is 0 Å². The SMILES string of the molecule is O=C(NCC(=O)N1CCCC1CC(O)c1ccccc1)c1ccc(F)c(F)c1. The van der Waals surface area contributed by atoms with Crippen LogP contribution in [0.4, 0.5) is 8.78 Å². The van der Waals surface area contributed by atoms with Gasteiger partial charge in [0.15, 0.2) is 11.6 Å². The van der Waals surface area contributed by atoms with E-state index in [0.717, 1.165) is 36.6 Å². The summed E-state index contributed by atoms with van der Waals surface area (Å²) in [5.41, 5.74) is 0.748. The molecule has 1 saturated heterocycles. The molecular weight excluding hydrogens is 366 g/mol. The third-order valence-corrected chi connectivity index (χ3v) is 4.96. The zero-order valence-electron chi connectivity index (χ0n) is 15.3. The van der Waals surface area contributed by atoms with Crippen molar-refractivity contribution in [2.24, 2.45) is 0 Å². The lowest BCUT2D eigenvalue weighted by Gasteiger charge is -2.27. The molecule has 7 heteroatoms. The highest BCUT2D eigenvalue weighted by molar-refractivity contribution is 5.96. The van der Waals surface area contributed by atoms with E-state index in [1.807, 2.05) is 30.3 Å². The van der Waals surface area contributed by atoms with Crippen molar-refractivity contribution >= 4 is 11.8 Å². The van der Waals surface area contributed by atoms with Gasteiger partial charge in [-0.3, -0.25) is 9.59 Å². The number of aliphatic hydroxyl groups is 1. The fourth-order valence-electron chi connectivity index (χ4n) is 3.47. The smallest absolute Gasteiger partial charge is 0.251 e. The summed E-state index contributed by atoms with van der Waals surface area (Å²) in [6.45, 7) is 0.321. The number of hydrogen-bond donors (Lipinski definition) is 2. The molecule has 2 N–H and O–H groups in total. The van der Waals surface area contributed by atoms with E-state index in [1.54, 1.807) is 4.90 Å². The summed E-state index contributed by atoms with van der Waals surface area (Å²) in [4.78, 5) is 26.3. The van der Waals surface area contributed by atoms with E-state index in [2.05, 4.69) is 5.32 Å². The van der Waals surface area contributed by atoms with Crippen molar-refractivity contribution in [2.75, 3.05) is 13.1 Å². The van der Waals surface area contributed by atoms with Crippen molar-refractivity contribution in [3.63, 3.8) is 0 Å². The van der Waals surface area contributed by atoms with Gasteiger partial charge in [-0.05, 0) is 43.0 Å². The second kappa shape index (κ2) is 8.93. The molecule has 1 aliphatic heterocycles. The first-order chi connectivity index (χ1) is 13.5. The first-order valence-electron chi connectivity index (χ1n) is 9.21. The lowest BCUT2D eigenvalue weighted by molar-refractivity contribution is -0.131. The third kappa shape index (κ3) is 4.72. The van der Waals surface area contributed by atoms with Gasteiger partial charge in [0.2, 0.25) is 5.91 Å². The molecule has 28 heavy (non-hydrogen) atoms. The number of hydrogen-bond acceptors (Lipinski definition) is 3. The maximum absolute atomic E-state index is 13.2. The van der Waals surface area contributed by atoms with Gasteiger partial charge >= 0.3 is 0 Å². The minimum atomic E-state index is -1.12. The molecule has 0 saturated carbocycles. The number of carbonyl (C=O) groups is 2. The zero-order chi connectivity index (χ0) is 20.1. The number of carbonyl (C=O) groups excluding carboxylic acids is 2. The van der Waals surface area contributed by atoms with Gasteiger partial charge in [0, 0.05) is 18.2 Å². The summed E-state index contributed by atoms with van der Waals surface area (Å²) in [7, 11) is 0. The molecular formula is C21H22F2N2O3. The van der Waals surface area contributed by atoms with Gasteiger partial charge in [0.1, 0.15) is 0 Å². The van der Waals surface area contributed by atoms with E-state index in [9.17, 15) is 23.5 Å². The number of aliphatic hydroxyl groups excluding tert-OH is 1. The van der Waals surface area contributed by atoms with Crippen LogP contribution >= 0.6 is 0 Å². The highest BCUT2D eigenvalue weighted by Gasteiger charge is 2.30. The van der Waals surface area contributed by atoms with Crippen LogP contribution in [0.25, 0.3) is 0 Å². The second-order valence-electron chi connectivity index (χ2n) is 6.86. The van der Waals surface area contributed by atoms with Crippen LogP contribution in [-0.2, 0) is 4.79 Å². The van der Waals surface area contributed by atoms with Crippen molar-refractivity contribution < 1.29 is 23.5 Å². The molecule has 2 unspecified atom stereocenters. The van der Waals surface area contributed by atoms with E-state index in [1.165, 1.54) is 0 Å². The van der Waals surface area contributed by atoms with E-state index >= 15 is 0 Å². The quantitative estimate of drug-likeness (QED) is 0.800. The summed E-state index contributed by atoms with van der Waals surface area (Å²) in [5, 5.41) is 12.9. The fraction of sp³-hybridized carbons (Fsp3) is 0.333. The molecule has 1 fully saturated rings. The Morgan fingerprint density at radius 3 is 2.61 bits per heavy atom. The van der Waals surface area contributed by atoms with Crippen molar-refractivity contribution in [3.05, 3.63) is 71.3 Å². The maximum atomic E-state index is 13.2. The van der Waals surface area contributed by atoms with E-state index in [0.29, 0.717) is 13.0 Å². The van der Waals surface area contributed by atoms with Crippen LogP contribution in [-0.4, -0.2) is 41.0 Å². The minimum absolute atomic E-state index is 0.0517. The van der Waals surface area contributed by atoms with Crippen LogP contribution in [0.2, 0.25) is 0 Å². The Hall–Kier alpha value is -2.80. The zero-order valence-corrected chi connectivity index (χ0v) is 15.3. The van der Waals surface area contributed by atoms with Crippen LogP contribution in [0.3, 0.4) is 0 Å². The van der Waals surface area contributed by atoms with E-state index in [-0.39, 0.29) is 24.1 Å². The van der Waals surface area contributed by atoms with Crippen molar-refractivity contribution in [1.29, 1.82) is 0 Å². The minimum Gasteiger partial charge on any atom is -0.388 e. The molecule has 2 aromatic rings. The van der Waals surface area contributed by atoms with Crippen LogP contribution < -0.4 is 5.32 Å². The molecule has 1 heterocycles. The average Bonchev–Trinajstić information content (AvgIpc) is 3.16. The predicted octanol–water partition coefficient (Wildman–Crippen LogP) is 2.81. The molecule has 0 aliphatic carbocycles. The standard InChI is InChI=1S/C21H22F2N2O3/c22-17-9-8-15(11-18(17)23)21(28)24-13-20(27)25-10-4-7-16(25)12-19(26)14-5-2-1-3-6-14/h1-3,5-6,8-9,11,16,19,26H,4,7,10,12-13H2,(H,24,28). The molecule has 0 bridgehead atoms. The highest BCUT2D eigenvalue weighted by Crippen LogP contribution is 2.27. The first kappa shape index (κ1) is 19.9. The monoisotopic (exact) mass is 388 g/mol. The number of nitrogens with one attached hydrogen (secondary N) is 1. The summed E-state index contributed by atoms with van der Waals surface area (Å²) in [6.07, 6.45) is 1.37. The summed E-state index contributed by atoms with van der Waals surface area (Å²) in [6, 6.07) is 12.0. The Kier molecular flexibility index (Phi) is 6.36. The summed E-state index contributed by atoms with van der Waals surface area (Å²) in [5.74, 6) is -3.07. The lowest BCUT2D eigenvalue weighted by atomic mass is 10.0. The molecule has 3 rings (SSSR count). The first-order valence-corrected chi connectivity index (χ1v) is 9.21. The molecule has 0 spiro atoms. The van der Waals surface area contributed by atoms with Crippen molar-refractivity contribution in [1.82, 2.24) is 10.2 Å². The molecule has 0 radical (unpaired) electrons. The molecule has 5 nitrogen and oxygen atoms in total. The normalized spacial score (nSPS) is 17.4. The Morgan fingerprint density at radius 2 is 1.89 bits per heavy atom. The van der Waals surface area contributed by atoms with Gasteiger partial charge in [-0.2, -0.15) is 0 Å². The van der Waals surface area contributed by atoms with Crippen molar-refractivity contribution in [2.45, 2.75) is 31.4 Å². The Morgan fingerprint density at radius 1 is 1.14 bits per heavy atom. The average molecular weight is 388 g/mol. The van der Waals surface area contributed by atoms with E-state index in [4.69, 9.17) is 0 Å². The number of rotatable bonds is 6. The molecule has 2 aromatic carbocycles. The molecule has 148 valence electrons. The molecule has 1 aliphatic rings. The lowest BCUT2D eigenvalue weighted by Crippen LogP contribution is -2.43. The van der Waals surface area contributed by atoms with E-state index < -0.39 is 23.6 Å². The number of nitrogens with zero attached hydrogens (tertiary/aromatic N) is 1.